The van der Waals surface area contributed by atoms with Crippen molar-refractivity contribution in [2.45, 2.75) is 152 Å². The fourth-order valence-electron chi connectivity index (χ4n) is 15.1. The summed E-state index contributed by atoms with van der Waals surface area (Å²) < 4.78 is 12.2. The molecule has 1 aromatic rings. The van der Waals surface area contributed by atoms with Crippen LogP contribution in [-0.4, -0.2) is 54.4 Å². The molecule has 6 fully saturated rings. The molecule has 8 heteroatoms. The van der Waals surface area contributed by atoms with Crippen LogP contribution in [0.1, 0.15) is 144 Å². The summed E-state index contributed by atoms with van der Waals surface area (Å²) in [5, 5.41) is 12.8. The van der Waals surface area contributed by atoms with Gasteiger partial charge in [-0.05, 0) is 139 Å². The lowest BCUT2D eigenvalue weighted by Crippen LogP contribution is -2.66. The van der Waals surface area contributed by atoms with Gasteiger partial charge in [0.1, 0.15) is 11.9 Å². The molecule has 1 saturated heterocycles. The van der Waals surface area contributed by atoms with E-state index in [9.17, 15) is 14.7 Å². The molecule has 6 aliphatic rings. The first-order valence-corrected chi connectivity index (χ1v) is 22.5. The maximum atomic E-state index is 14.0. The Morgan fingerprint density at radius 1 is 0.930 bits per heavy atom. The third-order valence-corrected chi connectivity index (χ3v) is 17.9. The van der Waals surface area contributed by atoms with Crippen molar-refractivity contribution in [3.05, 3.63) is 48.4 Å². The van der Waals surface area contributed by atoms with Gasteiger partial charge in [0, 0.05) is 44.1 Å². The van der Waals surface area contributed by atoms with Crippen molar-refractivity contribution in [3.63, 3.8) is 0 Å². The molecule has 7 rings (SSSR count). The first kappa shape index (κ1) is 42.3. The number of pyridine rings is 1. The van der Waals surface area contributed by atoms with Crippen LogP contribution in [0.3, 0.4) is 0 Å². The number of hydrogen-bond donors (Lipinski definition) is 2. The SMILES string of the molecule is C=C(CC(C)(C)CC(=O)O)O[C@H]1CC[C@@]2(C)C(CC[C@]3(C)C2CC[C@@H]2C4[C@H](C(=C)C)CC[C@]4(CC(=O)NCc4ccc(N5CCOCC5)nc4)CC[C@]23C)C1(C)C. The van der Waals surface area contributed by atoms with E-state index in [0.29, 0.717) is 49.0 Å². The third kappa shape index (κ3) is 7.50. The Labute approximate surface area is 344 Å². The summed E-state index contributed by atoms with van der Waals surface area (Å²) in [4.78, 5) is 32.5. The van der Waals surface area contributed by atoms with E-state index in [1.807, 2.05) is 20.0 Å². The first-order valence-electron chi connectivity index (χ1n) is 22.5. The molecule has 8 nitrogen and oxygen atoms in total. The summed E-state index contributed by atoms with van der Waals surface area (Å²) in [6.45, 7) is 31.8. The summed E-state index contributed by atoms with van der Waals surface area (Å²) in [5.41, 5.74) is 2.64. The maximum absolute atomic E-state index is 14.0. The molecule has 1 aliphatic heterocycles. The number of amides is 1. The van der Waals surface area contributed by atoms with Gasteiger partial charge in [-0.3, -0.25) is 9.59 Å². The Morgan fingerprint density at radius 2 is 1.67 bits per heavy atom. The summed E-state index contributed by atoms with van der Waals surface area (Å²) in [7, 11) is 0. The highest BCUT2D eigenvalue weighted by Gasteiger charge is 2.71. The standard InChI is InChI=1S/C49H75N3O5/c1-32(2)35-15-20-49(28-41(53)51-31-34-11-14-40(50-30-34)52-23-25-56-26-24-52)22-21-47(9)36(43(35)49)12-13-38-46(8)18-17-39(45(6,7)37(46)16-19-48(38,47)10)57-33(3)27-44(4,5)29-42(54)55/h11,14,30,35-39,43H,1,3,12-13,15-29,31H2,2,4-10H3,(H,51,53)(H,54,55)/t35-,36+,37?,38?,39-,43?,46-,47+,48+,49+/m0/s1. The molecule has 57 heavy (non-hydrogen) atoms. The lowest BCUT2D eigenvalue weighted by Gasteiger charge is -2.73. The first-order chi connectivity index (χ1) is 26.7. The zero-order valence-corrected chi connectivity index (χ0v) is 36.8. The average Bonchev–Trinajstić information content (AvgIpc) is 3.51. The maximum Gasteiger partial charge on any atom is 0.303 e. The summed E-state index contributed by atoms with van der Waals surface area (Å²) in [5.74, 6) is 3.88. The van der Waals surface area contributed by atoms with Gasteiger partial charge in [0.15, 0.2) is 0 Å². The van der Waals surface area contributed by atoms with Crippen molar-refractivity contribution in [2.24, 2.45) is 62.1 Å². The third-order valence-electron chi connectivity index (χ3n) is 17.9. The van der Waals surface area contributed by atoms with Crippen molar-refractivity contribution >= 4 is 17.7 Å². The van der Waals surface area contributed by atoms with Crippen LogP contribution in [-0.2, 0) is 25.6 Å². The Kier molecular flexibility index (Phi) is 11.3. The second-order valence-electron chi connectivity index (χ2n) is 22.0. The van der Waals surface area contributed by atoms with Crippen molar-refractivity contribution in [2.75, 3.05) is 31.2 Å². The van der Waals surface area contributed by atoms with E-state index < -0.39 is 11.4 Å². The molecule has 1 amide bonds. The highest BCUT2D eigenvalue weighted by molar-refractivity contribution is 5.77. The minimum atomic E-state index is -0.775. The van der Waals surface area contributed by atoms with E-state index in [-0.39, 0.29) is 45.5 Å². The number of carboxylic acid groups (broad SMARTS) is 1. The van der Waals surface area contributed by atoms with Crippen LogP contribution in [0.15, 0.2) is 42.8 Å². The monoisotopic (exact) mass is 786 g/mol. The molecular formula is C49H75N3O5. The van der Waals surface area contributed by atoms with Crippen molar-refractivity contribution in [3.8, 4) is 0 Å². The molecule has 1 aromatic heterocycles. The van der Waals surface area contributed by atoms with Crippen LogP contribution in [0.4, 0.5) is 5.82 Å². The molecule has 0 bridgehead atoms. The fourth-order valence-corrected chi connectivity index (χ4v) is 15.1. The number of carbonyl (C=O) groups is 2. The molecule has 5 aliphatic carbocycles. The van der Waals surface area contributed by atoms with Gasteiger partial charge < -0.3 is 24.8 Å². The van der Waals surface area contributed by atoms with Gasteiger partial charge in [-0.2, -0.15) is 0 Å². The number of nitrogens with one attached hydrogen (secondary N) is 1. The van der Waals surface area contributed by atoms with Gasteiger partial charge in [-0.25, -0.2) is 4.98 Å². The van der Waals surface area contributed by atoms with Crippen LogP contribution in [0, 0.1) is 62.1 Å². The number of fused-ring (bicyclic) bond motifs is 7. The summed E-state index contributed by atoms with van der Waals surface area (Å²) >= 11 is 0. The van der Waals surface area contributed by atoms with Gasteiger partial charge in [0.25, 0.3) is 0 Å². The summed E-state index contributed by atoms with van der Waals surface area (Å²) in [6, 6.07) is 4.18. The molecular weight excluding hydrogens is 711 g/mol. The van der Waals surface area contributed by atoms with Gasteiger partial charge >= 0.3 is 5.97 Å². The zero-order valence-electron chi connectivity index (χ0n) is 36.8. The highest BCUT2D eigenvalue weighted by Crippen LogP contribution is 2.78. The quantitative estimate of drug-likeness (QED) is 0.161. The van der Waals surface area contributed by atoms with Crippen molar-refractivity contribution < 1.29 is 24.2 Å². The number of carboxylic acids is 1. The largest absolute Gasteiger partial charge is 0.495 e. The molecule has 3 unspecified atom stereocenters. The second kappa shape index (κ2) is 15.3. The van der Waals surface area contributed by atoms with Crippen molar-refractivity contribution in [1.29, 1.82) is 0 Å². The molecule has 10 atom stereocenters. The highest BCUT2D eigenvalue weighted by atomic mass is 16.5. The molecule has 5 saturated carbocycles. The summed E-state index contributed by atoms with van der Waals surface area (Å²) in [6.07, 6.45) is 15.0. The average molecular weight is 786 g/mol. The van der Waals surface area contributed by atoms with E-state index in [2.05, 4.69) is 77.0 Å². The molecule has 2 N–H and O–H groups in total. The predicted octanol–water partition coefficient (Wildman–Crippen LogP) is 10.4. The Balaban J connectivity index is 1.05. The number of aliphatic carboxylic acids is 1. The van der Waals surface area contributed by atoms with Crippen LogP contribution < -0.4 is 10.2 Å². The second-order valence-corrected chi connectivity index (χ2v) is 22.0. The fraction of sp³-hybridized carbons (Fsp3) is 0.776. The van der Waals surface area contributed by atoms with Gasteiger partial charge in [0.05, 0.1) is 25.4 Å². The number of aromatic nitrogens is 1. The van der Waals surface area contributed by atoms with Gasteiger partial charge in [-0.15, -0.1) is 0 Å². The molecule has 0 radical (unpaired) electrons. The molecule has 0 spiro atoms. The van der Waals surface area contributed by atoms with E-state index in [0.717, 1.165) is 75.5 Å². The molecule has 316 valence electrons. The Hall–Kier alpha value is -2.87. The number of nitrogens with zero attached hydrogens (tertiary/aromatic N) is 2. The van der Waals surface area contributed by atoms with E-state index in [1.54, 1.807) is 0 Å². The normalized spacial score (nSPS) is 38.5. The zero-order chi connectivity index (χ0) is 41.2. The predicted molar refractivity (Wildman–Crippen MR) is 227 cm³/mol. The van der Waals surface area contributed by atoms with E-state index >= 15 is 0 Å². The van der Waals surface area contributed by atoms with Crippen LogP contribution in [0.5, 0.6) is 0 Å². The molecule has 2 heterocycles. The van der Waals surface area contributed by atoms with Crippen LogP contribution >= 0.6 is 0 Å². The number of morpholine rings is 1. The lowest BCUT2D eigenvalue weighted by molar-refractivity contribution is -0.249. The number of ether oxygens (including phenoxy) is 2. The minimum absolute atomic E-state index is 0.0155. The Morgan fingerprint density at radius 3 is 2.33 bits per heavy atom. The van der Waals surface area contributed by atoms with E-state index in [1.165, 1.54) is 37.7 Å². The Bertz CT molecular complexity index is 1700. The van der Waals surface area contributed by atoms with Crippen LogP contribution in [0.25, 0.3) is 0 Å². The van der Waals surface area contributed by atoms with Gasteiger partial charge in [0.2, 0.25) is 5.91 Å². The number of hydrogen-bond acceptors (Lipinski definition) is 6. The number of anilines is 1. The molecule has 0 aromatic carbocycles. The van der Waals surface area contributed by atoms with Crippen LogP contribution in [0.2, 0.25) is 0 Å². The van der Waals surface area contributed by atoms with Gasteiger partial charge in [-0.1, -0.05) is 73.3 Å². The van der Waals surface area contributed by atoms with E-state index in [4.69, 9.17) is 14.5 Å². The minimum Gasteiger partial charge on any atom is -0.495 e. The van der Waals surface area contributed by atoms with Crippen molar-refractivity contribution in [1.82, 2.24) is 10.3 Å². The lowest BCUT2D eigenvalue weighted by atomic mass is 9.32. The topological polar surface area (TPSA) is 101 Å². The smallest absolute Gasteiger partial charge is 0.303 e. The number of carbonyl (C=O) groups excluding carboxylic acids is 1. The number of allylic oxidation sites excluding steroid dienone is 2. The number of rotatable bonds is 12.